The standard InChI is InChI=1S/C15H17BrN4O3/c1-7-12(9(3)21)8(2)17-13(7)15(23)19-18-14(22)11-5-10(16)6-20(11)4/h5-6,17H,1-4H3,(H,18,22)(H,19,23). The number of rotatable bonds is 3. The van der Waals surface area contributed by atoms with Crippen molar-refractivity contribution >= 4 is 33.5 Å². The molecule has 0 radical (unpaired) electrons. The Morgan fingerprint density at radius 2 is 1.78 bits per heavy atom. The molecule has 0 saturated heterocycles. The first-order valence-corrected chi connectivity index (χ1v) is 7.64. The summed E-state index contributed by atoms with van der Waals surface area (Å²) in [5.74, 6) is -1.08. The van der Waals surface area contributed by atoms with Gasteiger partial charge in [0.2, 0.25) is 0 Å². The second kappa shape index (κ2) is 6.41. The van der Waals surface area contributed by atoms with Gasteiger partial charge in [-0.15, -0.1) is 0 Å². The van der Waals surface area contributed by atoms with Gasteiger partial charge < -0.3 is 9.55 Å². The van der Waals surface area contributed by atoms with Crippen LogP contribution in [0.3, 0.4) is 0 Å². The maximum absolute atomic E-state index is 12.2. The Hall–Kier alpha value is -2.35. The molecule has 7 nitrogen and oxygen atoms in total. The smallest absolute Gasteiger partial charge is 0.286 e. The van der Waals surface area contributed by atoms with E-state index >= 15 is 0 Å². The molecule has 0 saturated carbocycles. The number of carbonyl (C=O) groups is 3. The molecule has 0 unspecified atom stereocenters. The molecule has 2 amide bonds. The van der Waals surface area contributed by atoms with E-state index in [2.05, 4.69) is 31.8 Å². The number of carbonyl (C=O) groups excluding carboxylic acids is 3. The van der Waals surface area contributed by atoms with Crippen molar-refractivity contribution in [2.24, 2.45) is 7.05 Å². The molecule has 2 aromatic heterocycles. The normalized spacial score (nSPS) is 10.5. The van der Waals surface area contributed by atoms with E-state index in [-0.39, 0.29) is 11.5 Å². The van der Waals surface area contributed by atoms with E-state index in [1.807, 2.05) is 0 Å². The lowest BCUT2D eigenvalue weighted by Gasteiger charge is -2.07. The molecule has 2 heterocycles. The molecular formula is C15H17BrN4O3. The molecule has 2 aromatic rings. The molecule has 2 rings (SSSR count). The number of halogens is 1. The maximum atomic E-state index is 12.2. The summed E-state index contributed by atoms with van der Waals surface area (Å²) < 4.78 is 2.39. The molecule has 0 aromatic carbocycles. The summed E-state index contributed by atoms with van der Waals surface area (Å²) >= 11 is 3.28. The number of H-pyrrole nitrogens is 1. The molecule has 0 atom stereocenters. The quantitative estimate of drug-likeness (QED) is 0.561. The van der Waals surface area contributed by atoms with Crippen molar-refractivity contribution in [2.75, 3.05) is 0 Å². The highest BCUT2D eigenvalue weighted by atomic mass is 79.9. The molecule has 122 valence electrons. The summed E-state index contributed by atoms with van der Waals surface area (Å²) in [5.41, 5.74) is 7.01. The summed E-state index contributed by atoms with van der Waals surface area (Å²) in [6.45, 7) is 4.85. The number of nitrogens with zero attached hydrogens (tertiary/aromatic N) is 1. The second-order valence-corrected chi connectivity index (χ2v) is 6.16. The van der Waals surface area contributed by atoms with Gasteiger partial charge in [0, 0.05) is 29.0 Å². The van der Waals surface area contributed by atoms with Gasteiger partial charge in [-0.05, 0) is 48.3 Å². The molecule has 0 aliphatic heterocycles. The number of aromatic nitrogens is 2. The van der Waals surface area contributed by atoms with Gasteiger partial charge in [0.25, 0.3) is 11.8 Å². The SMILES string of the molecule is CC(=O)c1c(C)[nH]c(C(=O)NNC(=O)c2cc(Br)cn2C)c1C. The molecule has 23 heavy (non-hydrogen) atoms. The van der Waals surface area contributed by atoms with Gasteiger partial charge in [-0.1, -0.05) is 0 Å². The Morgan fingerprint density at radius 1 is 1.17 bits per heavy atom. The molecule has 0 bridgehead atoms. The maximum Gasteiger partial charge on any atom is 0.286 e. The number of ketones is 1. The molecule has 0 fully saturated rings. The summed E-state index contributed by atoms with van der Waals surface area (Å²) in [6.07, 6.45) is 1.73. The molecule has 3 N–H and O–H groups in total. The van der Waals surface area contributed by atoms with Crippen molar-refractivity contribution in [3.8, 4) is 0 Å². The van der Waals surface area contributed by atoms with Crippen LogP contribution in [0.2, 0.25) is 0 Å². The molecule has 8 heteroatoms. The molecule has 0 spiro atoms. The van der Waals surface area contributed by atoms with Crippen LogP contribution in [0.4, 0.5) is 0 Å². The zero-order valence-corrected chi connectivity index (χ0v) is 14.8. The Labute approximate surface area is 141 Å². The average Bonchev–Trinajstić information content (AvgIpc) is 2.94. The lowest BCUT2D eigenvalue weighted by molar-refractivity contribution is 0.0839. The first-order chi connectivity index (χ1) is 10.7. The minimum Gasteiger partial charge on any atom is -0.354 e. The van der Waals surface area contributed by atoms with Crippen molar-refractivity contribution in [1.29, 1.82) is 0 Å². The predicted octanol–water partition coefficient (Wildman–Crippen LogP) is 2.01. The predicted molar refractivity (Wildman–Crippen MR) is 88.3 cm³/mol. The van der Waals surface area contributed by atoms with Gasteiger partial charge in [-0.25, -0.2) is 0 Å². The number of aromatic amines is 1. The third-order valence-corrected chi connectivity index (χ3v) is 3.94. The van der Waals surface area contributed by atoms with Crippen molar-refractivity contribution in [1.82, 2.24) is 20.4 Å². The van der Waals surface area contributed by atoms with Gasteiger partial charge in [0.05, 0.1) is 0 Å². The van der Waals surface area contributed by atoms with Gasteiger partial charge in [-0.2, -0.15) is 0 Å². The van der Waals surface area contributed by atoms with E-state index in [0.717, 1.165) is 4.47 Å². The summed E-state index contributed by atoms with van der Waals surface area (Å²) in [7, 11) is 1.72. The van der Waals surface area contributed by atoms with Crippen LogP contribution in [0.1, 0.15) is 49.5 Å². The number of hydrogen-bond acceptors (Lipinski definition) is 3. The topological polar surface area (TPSA) is 96.0 Å². The second-order valence-electron chi connectivity index (χ2n) is 5.24. The van der Waals surface area contributed by atoms with E-state index in [1.165, 1.54) is 6.92 Å². The van der Waals surface area contributed by atoms with E-state index < -0.39 is 11.8 Å². The minimum absolute atomic E-state index is 0.118. The lowest BCUT2D eigenvalue weighted by atomic mass is 10.1. The van der Waals surface area contributed by atoms with Crippen LogP contribution < -0.4 is 10.9 Å². The van der Waals surface area contributed by atoms with Gasteiger partial charge in [0.1, 0.15) is 11.4 Å². The first kappa shape index (κ1) is 17.0. The Kier molecular flexibility index (Phi) is 4.74. The number of nitrogens with one attached hydrogen (secondary N) is 3. The number of Topliss-reactive ketones (excluding diaryl/α,β-unsaturated/α-hetero) is 1. The monoisotopic (exact) mass is 380 g/mol. The zero-order valence-electron chi connectivity index (χ0n) is 13.2. The van der Waals surface area contributed by atoms with E-state index in [9.17, 15) is 14.4 Å². The van der Waals surface area contributed by atoms with E-state index in [1.54, 1.807) is 37.7 Å². The van der Waals surface area contributed by atoms with E-state index in [0.29, 0.717) is 22.5 Å². The number of aryl methyl sites for hydroxylation is 2. The van der Waals surface area contributed by atoms with Crippen LogP contribution in [-0.2, 0) is 7.05 Å². The van der Waals surface area contributed by atoms with Crippen molar-refractivity contribution in [3.05, 3.63) is 44.9 Å². The summed E-state index contributed by atoms with van der Waals surface area (Å²) in [5, 5.41) is 0. The fourth-order valence-corrected chi connectivity index (χ4v) is 3.02. The fraction of sp³-hybridized carbons (Fsp3) is 0.267. The number of hydrogen-bond donors (Lipinski definition) is 3. The van der Waals surface area contributed by atoms with Crippen LogP contribution in [0, 0.1) is 13.8 Å². The Bertz CT molecular complexity index is 804. The lowest BCUT2D eigenvalue weighted by Crippen LogP contribution is -2.42. The van der Waals surface area contributed by atoms with Crippen LogP contribution in [-0.4, -0.2) is 27.1 Å². The van der Waals surface area contributed by atoms with Crippen LogP contribution in [0.5, 0.6) is 0 Å². The largest absolute Gasteiger partial charge is 0.354 e. The van der Waals surface area contributed by atoms with Crippen LogP contribution in [0.15, 0.2) is 16.7 Å². The zero-order chi connectivity index (χ0) is 17.3. The average molecular weight is 381 g/mol. The van der Waals surface area contributed by atoms with Crippen LogP contribution in [0.25, 0.3) is 0 Å². The van der Waals surface area contributed by atoms with Gasteiger partial charge in [0.15, 0.2) is 5.78 Å². The number of hydrazine groups is 1. The third kappa shape index (κ3) is 3.37. The van der Waals surface area contributed by atoms with Gasteiger partial charge in [-0.3, -0.25) is 25.2 Å². The highest BCUT2D eigenvalue weighted by Crippen LogP contribution is 2.18. The molecule has 0 aliphatic rings. The van der Waals surface area contributed by atoms with E-state index in [4.69, 9.17) is 0 Å². The number of amides is 2. The highest BCUT2D eigenvalue weighted by Gasteiger charge is 2.20. The minimum atomic E-state index is -0.514. The van der Waals surface area contributed by atoms with Crippen molar-refractivity contribution in [2.45, 2.75) is 20.8 Å². The first-order valence-electron chi connectivity index (χ1n) is 6.85. The fourth-order valence-electron chi connectivity index (χ4n) is 2.50. The molecular weight excluding hydrogens is 364 g/mol. The highest BCUT2D eigenvalue weighted by molar-refractivity contribution is 9.10. The summed E-state index contributed by atoms with van der Waals surface area (Å²) in [6, 6.07) is 1.64. The van der Waals surface area contributed by atoms with Crippen molar-refractivity contribution in [3.63, 3.8) is 0 Å². The van der Waals surface area contributed by atoms with Gasteiger partial charge >= 0.3 is 0 Å². The third-order valence-electron chi connectivity index (χ3n) is 3.51. The van der Waals surface area contributed by atoms with Crippen molar-refractivity contribution < 1.29 is 14.4 Å². The Morgan fingerprint density at radius 3 is 2.26 bits per heavy atom. The Balaban J connectivity index is 2.11. The van der Waals surface area contributed by atoms with Crippen LogP contribution >= 0.6 is 15.9 Å². The molecule has 0 aliphatic carbocycles. The summed E-state index contributed by atoms with van der Waals surface area (Å²) in [4.78, 5) is 38.7.